The van der Waals surface area contributed by atoms with Gasteiger partial charge in [0, 0.05) is 22.9 Å². The van der Waals surface area contributed by atoms with Gasteiger partial charge in [-0.2, -0.15) is 5.10 Å². The molecule has 0 N–H and O–H groups in total. The van der Waals surface area contributed by atoms with Crippen LogP contribution in [0.3, 0.4) is 0 Å². The zero-order valence-electron chi connectivity index (χ0n) is 15.9. The van der Waals surface area contributed by atoms with E-state index in [0.717, 1.165) is 16.8 Å². The van der Waals surface area contributed by atoms with Crippen molar-refractivity contribution in [2.75, 3.05) is 0 Å². The molecule has 3 aromatic carbocycles. The van der Waals surface area contributed by atoms with Crippen molar-refractivity contribution in [3.8, 4) is 16.9 Å². The van der Waals surface area contributed by atoms with Gasteiger partial charge in [0.25, 0.3) is 0 Å². The van der Waals surface area contributed by atoms with E-state index in [1.165, 1.54) is 0 Å². The molecule has 0 amide bonds. The fourth-order valence-electron chi connectivity index (χ4n) is 3.18. The maximum absolute atomic E-state index is 11.9. The number of carbonyl (C=O) groups excluding carboxylic acids is 1. The van der Waals surface area contributed by atoms with Crippen LogP contribution in [0.15, 0.2) is 91.1 Å². The molecule has 0 atom stereocenters. The second-order valence-electron chi connectivity index (χ2n) is 6.79. The molecule has 142 valence electrons. The van der Waals surface area contributed by atoms with E-state index in [9.17, 15) is 9.90 Å². The highest BCUT2D eigenvalue weighted by molar-refractivity contribution is 6.20. The molecule has 0 aliphatic heterocycles. The molecular formula is C25H19N2O2-. The molecule has 0 unspecified atom stereocenters. The number of carboxylic acid groups (broad SMARTS) is 1. The van der Waals surface area contributed by atoms with Crippen LogP contribution in [-0.2, 0) is 4.79 Å². The summed E-state index contributed by atoms with van der Waals surface area (Å²) in [6.07, 6.45) is 3.47. The standard InChI is InChI=1S/C25H20N2O2/c1-18-12-14-20(15-13-18)24-21(17-27(26-24)22-10-6-3-7-11-22)16-23(25(28)29)19-8-4-2-5-9-19/h2-17H,1H3,(H,28,29)/p-1/b23-16+. The highest BCUT2D eigenvalue weighted by atomic mass is 16.4. The van der Waals surface area contributed by atoms with E-state index in [1.807, 2.05) is 73.8 Å². The molecule has 4 nitrogen and oxygen atoms in total. The van der Waals surface area contributed by atoms with Gasteiger partial charge in [-0.05, 0) is 30.7 Å². The third-order valence-corrected chi connectivity index (χ3v) is 4.69. The summed E-state index contributed by atoms with van der Waals surface area (Å²) in [7, 11) is 0. The van der Waals surface area contributed by atoms with E-state index in [4.69, 9.17) is 5.10 Å². The minimum atomic E-state index is -1.22. The Morgan fingerprint density at radius 2 is 1.52 bits per heavy atom. The largest absolute Gasteiger partial charge is 0.545 e. The van der Waals surface area contributed by atoms with E-state index in [-0.39, 0.29) is 5.57 Å². The van der Waals surface area contributed by atoms with Crippen molar-refractivity contribution in [1.29, 1.82) is 0 Å². The number of carboxylic acids is 1. The number of para-hydroxylation sites is 1. The molecule has 29 heavy (non-hydrogen) atoms. The molecule has 0 saturated heterocycles. The molecule has 0 radical (unpaired) electrons. The molecule has 1 aromatic heterocycles. The fraction of sp³-hybridized carbons (Fsp3) is 0.0400. The van der Waals surface area contributed by atoms with Crippen LogP contribution in [0.2, 0.25) is 0 Å². The number of rotatable bonds is 5. The van der Waals surface area contributed by atoms with Gasteiger partial charge in [-0.25, -0.2) is 4.68 Å². The van der Waals surface area contributed by atoms with E-state index in [1.54, 1.807) is 35.0 Å². The van der Waals surface area contributed by atoms with Gasteiger partial charge in [0.2, 0.25) is 0 Å². The summed E-state index contributed by atoms with van der Waals surface area (Å²) in [4.78, 5) is 11.9. The zero-order chi connectivity index (χ0) is 20.2. The predicted octanol–water partition coefficient (Wildman–Crippen LogP) is 4.14. The monoisotopic (exact) mass is 379 g/mol. The summed E-state index contributed by atoms with van der Waals surface area (Å²) >= 11 is 0. The summed E-state index contributed by atoms with van der Waals surface area (Å²) in [5, 5.41) is 16.6. The van der Waals surface area contributed by atoms with Gasteiger partial charge >= 0.3 is 0 Å². The first-order valence-corrected chi connectivity index (χ1v) is 9.32. The zero-order valence-corrected chi connectivity index (χ0v) is 15.9. The van der Waals surface area contributed by atoms with Gasteiger partial charge in [-0.3, -0.25) is 0 Å². The van der Waals surface area contributed by atoms with E-state index >= 15 is 0 Å². The lowest BCUT2D eigenvalue weighted by atomic mass is 10.0. The normalized spacial score (nSPS) is 11.4. The smallest absolute Gasteiger partial charge is 0.1000 e. The maximum Gasteiger partial charge on any atom is 0.1000 e. The number of hydrogen-bond donors (Lipinski definition) is 0. The van der Waals surface area contributed by atoms with Gasteiger partial charge < -0.3 is 9.90 Å². The van der Waals surface area contributed by atoms with Crippen LogP contribution in [0, 0.1) is 6.92 Å². The lowest BCUT2D eigenvalue weighted by Crippen LogP contribution is -2.23. The van der Waals surface area contributed by atoms with Crippen molar-refractivity contribution in [3.63, 3.8) is 0 Å². The summed E-state index contributed by atoms with van der Waals surface area (Å²) in [5.41, 5.74) is 5.09. The first kappa shape index (κ1) is 18.4. The van der Waals surface area contributed by atoms with Crippen LogP contribution < -0.4 is 5.11 Å². The average molecular weight is 379 g/mol. The van der Waals surface area contributed by atoms with Crippen LogP contribution in [-0.4, -0.2) is 15.7 Å². The Labute approximate surface area is 169 Å². The van der Waals surface area contributed by atoms with Crippen molar-refractivity contribution < 1.29 is 9.90 Å². The molecular weight excluding hydrogens is 360 g/mol. The van der Waals surface area contributed by atoms with Crippen molar-refractivity contribution in [3.05, 3.63) is 108 Å². The van der Waals surface area contributed by atoms with Gasteiger partial charge in [0.15, 0.2) is 0 Å². The number of hydrogen-bond acceptors (Lipinski definition) is 3. The number of aromatic nitrogens is 2. The number of carbonyl (C=O) groups is 1. The Kier molecular flexibility index (Phi) is 5.08. The van der Waals surface area contributed by atoms with E-state index in [0.29, 0.717) is 16.8 Å². The molecule has 0 bridgehead atoms. The molecule has 4 rings (SSSR count). The second-order valence-corrected chi connectivity index (χ2v) is 6.79. The lowest BCUT2D eigenvalue weighted by molar-refractivity contribution is -0.295. The van der Waals surface area contributed by atoms with Crippen molar-refractivity contribution in [2.24, 2.45) is 0 Å². The maximum atomic E-state index is 11.9. The minimum absolute atomic E-state index is 0.117. The Morgan fingerprint density at radius 1 is 0.897 bits per heavy atom. The SMILES string of the molecule is Cc1ccc(-c2nn(-c3ccccc3)cc2/C=C(/C(=O)[O-])c2ccccc2)cc1. The van der Waals surface area contributed by atoms with Crippen LogP contribution in [0.25, 0.3) is 28.6 Å². The van der Waals surface area contributed by atoms with Gasteiger partial charge in [0.05, 0.1) is 17.4 Å². The third kappa shape index (κ3) is 4.01. The first-order valence-electron chi connectivity index (χ1n) is 9.32. The van der Waals surface area contributed by atoms with Gasteiger partial charge in [0.1, 0.15) is 0 Å². The lowest BCUT2D eigenvalue weighted by Gasteiger charge is -2.09. The Balaban J connectivity index is 1.89. The van der Waals surface area contributed by atoms with Crippen molar-refractivity contribution >= 4 is 17.6 Å². The fourth-order valence-corrected chi connectivity index (χ4v) is 3.18. The Hall–Kier alpha value is -3.92. The van der Waals surface area contributed by atoms with Crippen LogP contribution in [0.4, 0.5) is 0 Å². The number of benzene rings is 3. The number of aliphatic carboxylic acids is 1. The molecule has 1 heterocycles. The third-order valence-electron chi connectivity index (χ3n) is 4.69. The van der Waals surface area contributed by atoms with Crippen LogP contribution in [0.1, 0.15) is 16.7 Å². The first-order chi connectivity index (χ1) is 14.1. The van der Waals surface area contributed by atoms with E-state index < -0.39 is 5.97 Å². The average Bonchev–Trinajstić information content (AvgIpc) is 3.17. The molecule has 0 aliphatic rings. The van der Waals surface area contributed by atoms with Crippen molar-refractivity contribution in [2.45, 2.75) is 6.92 Å². The second kappa shape index (κ2) is 7.98. The highest BCUT2D eigenvalue weighted by Gasteiger charge is 2.13. The predicted molar refractivity (Wildman–Crippen MR) is 113 cm³/mol. The highest BCUT2D eigenvalue weighted by Crippen LogP contribution is 2.28. The van der Waals surface area contributed by atoms with E-state index in [2.05, 4.69) is 0 Å². The molecule has 4 heteroatoms. The summed E-state index contributed by atoms with van der Waals surface area (Å²) in [6, 6.07) is 26.7. The molecule has 0 aliphatic carbocycles. The van der Waals surface area contributed by atoms with Crippen molar-refractivity contribution in [1.82, 2.24) is 9.78 Å². The molecule has 4 aromatic rings. The van der Waals surface area contributed by atoms with Gasteiger partial charge in [-0.1, -0.05) is 78.4 Å². The quantitative estimate of drug-likeness (QED) is 0.490. The number of nitrogens with zero attached hydrogens (tertiary/aromatic N) is 2. The Morgan fingerprint density at radius 3 is 2.14 bits per heavy atom. The van der Waals surface area contributed by atoms with Gasteiger partial charge in [-0.15, -0.1) is 0 Å². The number of aryl methyl sites for hydroxylation is 1. The summed E-state index contributed by atoms with van der Waals surface area (Å²) in [5.74, 6) is -1.22. The van der Waals surface area contributed by atoms with Crippen LogP contribution in [0.5, 0.6) is 0 Å². The molecule has 0 spiro atoms. The van der Waals surface area contributed by atoms with Crippen LogP contribution >= 0.6 is 0 Å². The Bertz CT molecular complexity index is 1160. The molecule has 0 saturated carbocycles. The summed E-state index contributed by atoms with van der Waals surface area (Å²) < 4.78 is 1.76. The molecule has 0 fully saturated rings. The topological polar surface area (TPSA) is 58.0 Å². The minimum Gasteiger partial charge on any atom is -0.545 e. The summed E-state index contributed by atoms with van der Waals surface area (Å²) in [6.45, 7) is 2.02.